The molecule has 0 aromatic heterocycles. The molecule has 0 heterocycles. The van der Waals surface area contributed by atoms with Gasteiger partial charge in [-0.1, -0.05) is 32.4 Å². The molecule has 158 valence electrons. The number of aliphatic carboxylic acids is 1. The van der Waals surface area contributed by atoms with Crippen LogP contribution in [0.3, 0.4) is 0 Å². The largest absolute Gasteiger partial charge is 0.481 e. The number of carboxylic acids is 1. The monoisotopic (exact) mass is 390 g/mol. The van der Waals surface area contributed by atoms with Gasteiger partial charge in [0, 0.05) is 6.42 Å². The van der Waals surface area contributed by atoms with Crippen LogP contribution in [0.4, 0.5) is 0 Å². The van der Waals surface area contributed by atoms with Gasteiger partial charge in [0.1, 0.15) is 0 Å². The second-order valence-corrected chi connectivity index (χ2v) is 10.9. The molecule has 0 saturated heterocycles. The van der Waals surface area contributed by atoms with E-state index in [1.807, 2.05) is 0 Å². The van der Waals surface area contributed by atoms with Crippen molar-refractivity contribution in [3.63, 3.8) is 0 Å². The van der Waals surface area contributed by atoms with Gasteiger partial charge in [0.05, 0.1) is 12.2 Å². The summed E-state index contributed by atoms with van der Waals surface area (Å²) in [4.78, 5) is 11.0. The van der Waals surface area contributed by atoms with Gasteiger partial charge in [0.25, 0.3) is 0 Å². The lowest BCUT2D eigenvalue weighted by Crippen LogP contribution is -2.54. The summed E-state index contributed by atoms with van der Waals surface area (Å²) in [5.74, 6) is 1.66. The average Bonchev–Trinajstić information content (AvgIpc) is 2.98. The first-order chi connectivity index (χ1) is 13.2. The van der Waals surface area contributed by atoms with E-state index >= 15 is 0 Å². The van der Waals surface area contributed by atoms with Gasteiger partial charge in [0.15, 0.2) is 0 Å². The van der Waals surface area contributed by atoms with E-state index in [9.17, 15) is 15.0 Å². The molecular weight excluding hydrogens is 352 g/mol. The number of carboxylic acid groups (broad SMARTS) is 1. The summed E-state index contributed by atoms with van der Waals surface area (Å²) < 4.78 is 0. The van der Waals surface area contributed by atoms with Gasteiger partial charge in [-0.2, -0.15) is 0 Å². The Morgan fingerprint density at radius 2 is 1.89 bits per heavy atom. The third kappa shape index (κ3) is 3.06. The molecule has 3 saturated carbocycles. The zero-order valence-corrected chi connectivity index (χ0v) is 17.7. The van der Waals surface area contributed by atoms with E-state index in [-0.39, 0.29) is 23.4 Å². The Labute approximate surface area is 169 Å². The van der Waals surface area contributed by atoms with Crippen molar-refractivity contribution in [3.8, 4) is 0 Å². The smallest absolute Gasteiger partial charge is 0.303 e. The number of aliphatic hydroxyl groups excluding tert-OH is 2. The fourth-order valence-electron chi connectivity index (χ4n) is 8.16. The van der Waals surface area contributed by atoms with E-state index in [1.165, 1.54) is 24.8 Å². The van der Waals surface area contributed by atoms with E-state index in [4.69, 9.17) is 5.11 Å². The van der Waals surface area contributed by atoms with E-state index in [1.54, 1.807) is 0 Å². The molecule has 3 N–H and O–H groups in total. The van der Waals surface area contributed by atoms with Crippen LogP contribution >= 0.6 is 0 Å². The third-order valence-corrected chi connectivity index (χ3v) is 9.68. The number of fused-ring (bicyclic) bond motifs is 5. The minimum absolute atomic E-state index is 0.136. The van der Waals surface area contributed by atoms with E-state index in [0.29, 0.717) is 29.6 Å². The molecule has 4 heteroatoms. The van der Waals surface area contributed by atoms with Crippen molar-refractivity contribution in [1.29, 1.82) is 0 Å². The molecular formula is C24H38O4. The first kappa shape index (κ1) is 20.4. The summed E-state index contributed by atoms with van der Waals surface area (Å²) in [5.41, 5.74) is 1.65. The summed E-state index contributed by atoms with van der Waals surface area (Å²) in [6, 6.07) is 0. The van der Waals surface area contributed by atoms with Crippen LogP contribution < -0.4 is 0 Å². The molecule has 0 spiro atoms. The molecule has 0 aromatic rings. The van der Waals surface area contributed by atoms with Crippen molar-refractivity contribution in [3.05, 3.63) is 11.6 Å². The SMILES string of the molecule is CC(CCC(=O)O)C1CCC2C3C(O)C=C4CC(O)CCC4(C)C3CCC12C. The summed E-state index contributed by atoms with van der Waals surface area (Å²) in [7, 11) is 0. The lowest BCUT2D eigenvalue weighted by molar-refractivity contribution is -0.137. The highest BCUT2D eigenvalue weighted by Gasteiger charge is 2.61. The zero-order valence-electron chi connectivity index (χ0n) is 17.7. The van der Waals surface area contributed by atoms with Crippen molar-refractivity contribution in [2.45, 2.75) is 90.8 Å². The predicted molar refractivity (Wildman–Crippen MR) is 109 cm³/mol. The lowest BCUT2D eigenvalue weighted by atomic mass is 9.46. The van der Waals surface area contributed by atoms with Gasteiger partial charge in [0.2, 0.25) is 0 Å². The quantitative estimate of drug-likeness (QED) is 0.622. The van der Waals surface area contributed by atoms with Crippen LogP contribution in [0.2, 0.25) is 0 Å². The number of hydrogen-bond donors (Lipinski definition) is 3. The van der Waals surface area contributed by atoms with Gasteiger partial charge < -0.3 is 15.3 Å². The molecule has 4 nitrogen and oxygen atoms in total. The van der Waals surface area contributed by atoms with Crippen molar-refractivity contribution in [2.75, 3.05) is 0 Å². The molecule has 0 bridgehead atoms. The summed E-state index contributed by atoms with van der Waals surface area (Å²) >= 11 is 0. The van der Waals surface area contributed by atoms with Crippen molar-refractivity contribution in [1.82, 2.24) is 0 Å². The van der Waals surface area contributed by atoms with E-state index in [2.05, 4.69) is 26.8 Å². The minimum Gasteiger partial charge on any atom is -0.481 e. The standard InChI is InChI=1S/C24H38O4/c1-14(4-7-21(27)28)17-5-6-18-22-19(9-11-24(17,18)3)23(2)10-8-16(25)12-15(23)13-20(22)26/h13-14,16-20,22,25-26H,4-12H2,1-3H3,(H,27,28). The van der Waals surface area contributed by atoms with Gasteiger partial charge in [-0.15, -0.1) is 0 Å². The van der Waals surface area contributed by atoms with Crippen LogP contribution in [0.25, 0.3) is 0 Å². The Bertz CT molecular complexity index is 657. The molecule has 9 unspecified atom stereocenters. The number of carbonyl (C=O) groups is 1. The van der Waals surface area contributed by atoms with Crippen molar-refractivity contribution >= 4 is 5.97 Å². The van der Waals surface area contributed by atoms with Crippen LogP contribution in [0.15, 0.2) is 11.6 Å². The van der Waals surface area contributed by atoms with Crippen molar-refractivity contribution < 1.29 is 20.1 Å². The zero-order chi connectivity index (χ0) is 20.3. The minimum atomic E-state index is -0.692. The molecule has 4 aliphatic rings. The van der Waals surface area contributed by atoms with Crippen LogP contribution in [0.1, 0.15) is 78.6 Å². The molecule has 9 atom stereocenters. The Balaban J connectivity index is 1.59. The molecule has 0 radical (unpaired) electrons. The second kappa shape index (κ2) is 7.12. The van der Waals surface area contributed by atoms with Crippen LogP contribution in [-0.4, -0.2) is 33.5 Å². The number of aliphatic hydroxyl groups is 2. The fraction of sp³-hybridized carbons (Fsp3) is 0.875. The Kier molecular flexibility index (Phi) is 5.19. The van der Waals surface area contributed by atoms with Gasteiger partial charge in [-0.05, 0) is 91.8 Å². The number of rotatable bonds is 4. The molecule has 4 aliphatic carbocycles. The molecule has 0 aromatic carbocycles. The van der Waals surface area contributed by atoms with E-state index < -0.39 is 12.1 Å². The highest BCUT2D eigenvalue weighted by atomic mass is 16.4. The van der Waals surface area contributed by atoms with Crippen LogP contribution in [0, 0.1) is 40.4 Å². The summed E-state index contributed by atoms with van der Waals surface area (Å²) in [6.07, 6.45) is 9.82. The fourth-order valence-corrected chi connectivity index (χ4v) is 8.16. The maximum Gasteiger partial charge on any atom is 0.303 e. The Hall–Kier alpha value is -0.870. The maximum absolute atomic E-state index is 11.2. The van der Waals surface area contributed by atoms with Crippen molar-refractivity contribution in [2.24, 2.45) is 40.4 Å². The molecule has 3 fully saturated rings. The molecule has 28 heavy (non-hydrogen) atoms. The summed E-state index contributed by atoms with van der Waals surface area (Å²) in [6.45, 7) is 7.06. The maximum atomic E-state index is 11.2. The highest BCUT2D eigenvalue weighted by Crippen LogP contribution is 2.67. The summed E-state index contributed by atoms with van der Waals surface area (Å²) in [5, 5.41) is 30.4. The van der Waals surface area contributed by atoms with Gasteiger partial charge in [-0.3, -0.25) is 4.79 Å². The van der Waals surface area contributed by atoms with Gasteiger partial charge in [-0.25, -0.2) is 0 Å². The highest BCUT2D eigenvalue weighted by molar-refractivity contribution is 5.66. The third-order valence-electron chi connectivity index (χ3n) is 9.68. The lowest BCUT2D eigenvalue weighted by Gasteiger charge is -2.59. The van der Waals surface area contributed by atoms with E-state index in [0.717, 1.165) is 32.1 Å². The Morgan fingerprint density at radius 1 is 1.14 bits per heavy atom. The molecule has 0 aliphatic heterocycles. The average molecular weight is 391 g/mol. The van der Waals surface area contributed by atoms with Crippen LogP contribution in [-0.2, 0) is 4.79 Å². The second-order valence-electron chi connectivity index (χ2n) is 10.9. The first-order valence-corrected chi connectivity index (χ1v) is 11.5. The normalized spacial score (nSPS) is 48.8. The topological polar surface area (TPSA) is 77.8 Å². The predicted octanol–water partition coefficient (Wildman–Crippen LogP) is 4.40. The molecule has 4 rings (SSSR count). The number of hydrogen-bond acceptors (Lipinski definition) is 3. The van der Waals surface area contributed by atoms with Gasteiger partial charge >= 0.3 is 5.97 Å². The molecule has 0 amide bonds. The van der Waals surface area contributed by atoms with Crippen LogP contribution in [0.5, 0.6) is 0 Å². The Morgan fingerprint density at radius 3 is 2.61 bits per heavy atom. The first-order valence-electron chi connectivity index (χ1n) is 11.5.